The zero-order valence-corrected chi connectivity index (χ0v) is 36.7. The number of hydrogen-bond acceptors (Lipinski definition) is 13. The number of halogens is 1. The van der Waals surface area contributed by atoms with Crippen molar-refractivity contribution >= 4 is 17.6 Å². The van der Waals surface area contributed by atoms with Crippen LogP contribution in [0.4, 0.5) is 0 Å². The fraction of sp³-hybridized carbons (Fsp3) is 0.837. The molecule has 4 saturated heterocycles. The summed E-state index contributed by atoms with van der Waals surface area (Å²) in [6, 6.07) is 7.31. The van der Waals surface area contributed by atoms with Gasteiger partial charge in [0.15, 0.2) is 12.6 Å². The Balaban J connectivity index is 1.55. The third-order valence-electron chi connectivity index (χ3n) is 13.6. The van der Waals surface area contributed by atoms with Crippen molar-refractivity contribution in [3.63, 3.8) is 0 Å². The van der Waals surface area contributed by atoms with Crippen LogP contribution in [0.5, 0.6) is 0 Å². The molecule has 4 N–H and O–H groups in total. The highest BCUT2D eigenvalue weighted by Gasteiger charge is 2.59. The van der Waals surface area contributed by atoms with E-state index in [0.717, 1.165) is 5.56 Å². The number of hydrogen-bond donors (Lipinski definition) is 4. The van der Waals surface area contributed by atoms with E-state index >= 15 is 0 Å². The number of esters is 1. The average molecular weight is 828 g/mol. The molecule has 4 aliphatic heterocycles. The van der Waals surface area contributed by atoms with Crippen LogP contribution in [0.3, 0.4) is 0 Å². The van der Waals surface area contributed by atoms with Crippen LogP contribution in [0.15, 0.2) is 24.3 Å². The number of nitrogens with zero attached hydrogens (tertiary/aromatic N) is 1. The average Bonchev–Trinajstić information content (AvgIpc) is 3.47. The Kier molecular flexibility index (Phi) is 14.9. The number of ether oxygens (including phenoxy) is 7. The monoisotopic (exact) mass is 827 g/mol. The summed E-state index contributed by atoms with van der Waals surface area (Å²) in [6.07, 6.45) is -7.95. The molecule has 0 spiro atoms. The van der Waals surface area contributed by atoms with Gasteiger partial charge in [-0.1, -0.05) is 51.4 Å². The van der Waals surface area contributed by atoms with Gasteiger partial charge in [0.25, 0.3) is 0 Å². The quantitative estimate of drug-likeness (QED) is 0.224. The van der Waals surface area contributed by atoms with Gasteiger partial charge in [-0.25, -0.2) is 0 Å². The maximum absolute atomic E-state index is 14.4. The second kappa shape index (κ2) is 18.3. The van der Waals surface area contributed by atoms with E-state index in [2.05, 4.69) is 11.8 Å². The Morgan fingerprint density at radius 2 is 1.74 bits per heavy atom. The fourth-order valence-electron chi connectivity index (χ4n) is 10.2. The molecule has 0 amide bonds. The first kappa shape index (κ1) is 46.6. The molecule has 326 valence electrons. The van der Waals surface area contributed by atoms with E-state index in [1.807, 2.05) is 59.0 Å². The number of methoxy groups -OCH3 is 1. The molecule has 0 aromatic heterocycles. The number of likely N-dealkylation sites (N-methyl/N-ethyl adjacent to an activating group) is 1. The van der Waals surface area contributed by atoms with Gasteiger partial charge in [0.1, 0.15) is 23.9 Å². The van der Waals surface area contributed by atoms with Gasteiger partial charge in [-0.3, -0.25) is 9.69 Å². The lowest BCUT2D eigenvalue weighted by molar-refractivity contribution is -0.318. The van der Waals surface area contributed by atoms with Crippen molar-refractivity contribution < 1.29 is 58.4 Å². The Morgan fingerprint density at radius 3 is 2.37 bits per heavy atom. The van der Waals surface area contributed by atoms with Gasteiger partial charge in [0.2, 0.25) is 0 Å². The molecule has 2 bridgehead atoms. The first-order chi connectivity index (χ1) is 26.6. The number of aliphatic hydroxyl groups is 4. The van der Waals surface area contributed by atoms with E-state index in [0.29, 0.717) is 24.4 Å². The molecule has 4 fully saturated rings. The number of fused-ring (bicyclic) bond motifs is 2. The highest BCUT2D eigenvalue weighted by Crippen LogP contribution is 2.48. The molecule has 0 saturated carbocycles. The molecule has 1 aromatic carbocycles. The number of rotatable bonds is 11. The van der Waals surface area contributed by atoms with Crippen LogP contribution in [-0.4, -0.2) is 136 Å². The molecular formula is C43H70ClNO12. The molecule has 7 unspecified atom stereocenters. The molecule has 14 heteroatoms. The van der Waals surface area contributed by atoms with Gasteiger partial charge in [-0.15, -0.1) is 0 Å². The molecule has 13 nitrogen and oxygen atoms in total. The largest absolute Gasteiger partial charge is 0.459 e. The fourth-order valence-corrected chi connectivity index (χ4v) is 10.4. The third-order valence-corrected chi connectivity index (χ3v) is 13.8. The van der Waals surface area contributed by atoms with Crippen molar-refractivity contribution in [2.75, 3.05) is 14.2 Å². The summed E-state index contributed by atoms with van der Waals surface area (Å²) in [5.41, 5.74) is -2.80. The lowest BCUT2D eigenvalue weighted by Gasteiger charge is -2.48. The zero-order chi connectivity index (χ0) is 42.4. The molecule has 5 rings (SSSR count). The van der Waals surface area contributed by atoms with Crippen molar-refractivity contribution in [1.82, 2.24) is 4.90 Å². The highest BCUT2D eigenvalue weighted by molar-refractivity contribution is 6.30. The summed E-state index contributed by atoms with van der Waals surface area (Å²) in [4.78, 5) is 16.5. The van der Waals surface area contributed by atoms with E-state index in [1.54, 1.807) is 27.7 Å². The van der Waals surface area contributed by atoms with Crippen LogP contribution in [0, 0.1) is 23.7 Å². The number of cyclic esters (lactones) is 1. The summed E-state index contributed by atoms with van der Waals surface area (Å²) < 4.78 is 45.6. The third kappa shape index (κ3) is 9.71. The van der Waals surface area contributed by atoms with Gasteiger partial charge in [0.05, 0.1) is 53.7 Å². The van der Waals surface area contributed by atoms with Crippen molar-refractivity contribution in [2.24, 2.45) is 23.7 Å². The molecule has 0 radical (unpaired) electrons. The van der Waals surface area contributed by atoms with E-state index in [9.17, 15) is 25.2 Å². The predicted octanol–water partition coefficient (Wildman–Crippen LogP) is 4.85. The van der Waals surface area contributed by atoms with Crippen LogP contribution in [0.1, 0.15) is 100 Å². The Bertz CT molecular complexity index is 1500. The molecule has 0 aliphatic carbocycles. The van der Waals surface area contributed by atoms with Crippen LogP contribution >= 0.6 is 11.6 Å². The molecular weight excluding hydrogens is 758 g/mol. The van der Waals surface area contributed by atoms with Crippen molar-refractivity contribution in [3.8, 4) is 0 Å². The number of benzene rings is 1. The Hall–Kier alpha value is -1.46. The molecule has 57 heavy (non-hydrogen) atoms. The van der Waals surface area contributed by atoms with Crippen LogP contribution in [-0.2, 0) is 44.5 Å². The van der Waals surface area contributed by atoms with Gasteiger partial charge in [-0.05, 0) is 91.5 Å². The minimum absolute atomic E-state index is 0.0885. The molecule has 4 aliphatic rings. The second-order valence-corrected chi connectivity index (χ2v) is 18.8. The van der Waals surface area contributed by atoms with Crippen LogP contribution < -0.4 is 0 Å². The standard InChI is InChI=1S/C43H70ClNO12/c1-13-31(46)43(10,50)38-24(4)34-22(2)19-42(9,57-34)37(56-40-33(47)30(17-23(3)52-40)45(11)21-28-15-14-16-29(44)18-28)25(5)35(26(6)39(49)55-38)54-32-20-41(8,51-12)36(48)27(7)53-32/h14-16,18,22-27,30-38,40,46-48,50H,13,17,19-21H2,1-12H3/t22?,23?,24-,25-,26+,27?,30?,31+,32-,33?,34?,35-,36-,37+,38+,40-,41?,42+,43+/m0/s1. The van der Waals surface area contributed by atoms with Gasteiger partial charge < -0.3 is 53.6 Å². The Morgan fingerprint density at radius 1 is 1.05 bits per heavy atom. The number of aliphatic hydroxyl groups excluding tert-OH is 3. The first-order valence-electron chi connectivity index (χ1n) is 20.8. The molecule has 4 heterocycles. The van der Waals surface area contributed by atoms with E-state index in [-0.39, 0.29) is 30.9 Å². The van der Waals surface area contributed by atoms with E-state index in [4.69, 9.17) is 44.8 Å². The Labute approximate surface area is 344 Å². The highest BCUT2D eigenvalue weighted by atomic mass is 35.5. The van der Waals surface area contributed by atoms with Crippen molar-refractivity contribution in [1.29, 1.82) is 0 Å². The van der Waals surface area contributed by atoms with Gasteiger partial charge in [-0.2, -0.15) is 0 Å². The van der Waals surface area contributed by atoms with Crippen molar-refractivity contribution in [2.45, 2.75) is 192 Å². The van der Waals surface area contributed by atoms with Crippen LogP contribution in [0.2, 0.25) is 5.02 Å². The number of carbonyl (C=O) groups excluding carboxylic acids is 1. The summed E-state index contributed by atoms with van der Waals surface area (Å²) in [7, 11) is 3.49. The maximum Gasteiger partial charge on any atom is 0.311 e. The summed E-state index contributed by atoms with van der Waals surface area (Å²) >= 11 is 6.30. The smallest absolute Gasteiger partial charge is 0.311 e. The lowest BCUT2D eigenvalue weighted by atomic mass is 9.76. The second-order valence-electron chi connectivity index (χ2n) is 18.3. The minimum atomic E-state index is -1.81. The predicted molar refractivity (Wildman–Crippen MR) is 213 cm³/mol. The topological polar surface area (TPSA) is 166 Å². The normalized spacial score (nSPS) is 44.9. The van der Waals surface area contributed by atoms with Gasteiger partial charge in [0, 0.05) is 43.0 Å². The van der Waals surface area contributed by atoms with E-state index in [1.165, 1.54) is 14.0 Å². The first-order valence-corrected chi connectivity index (χ1v) is 21.2. The summed E-state index contributed by atoms with van der Waals surface area (Å²) in [5.74, 6) is -2.82. The summed E-state index contributed by atoms with van der Waals surface area (Å²) in [5, 5.41) is 46.6. The lowest BCUT2D eigenvalue weighted by Crippen LogP contribution is -2.60. The van der Waals surface area contributed by atoms with Gasteiger partial charge >= 0.3 is 5.97 Å². The number of carbonyl (C=O) groups is 1. The SMILES string of the molecule is CC[C@@H](O)[C@@](C)(O)[C@@H]1OC(=O)[C@H](C)[C@@H](O[C@H]2CC(C)(OC)[C@@H](O)C(C)O2)[C@H](C)[C@@H](O[C@@H]2OC(C)CC(N(C)Cc3cccc(Cl)c3)C2O)[C@@]2(C)CC(C)C(O2)[C@@H]1C. The minimum Gasteiger partial charge on any atom is -0.459 e. The zero-order valence-electron chi connectivity index (χ0n) is 36.0. The molecule has 19 atom stereocenters. The van der Waals surface area contributed by atoms with Crippen molar-refractivity contribution in [3.05, 3.63) is 34.9 Å². The maximum atomic E-state index is 14.4. The van der Waals surface area contributed by atoms with E-state index < -0.39 is 102 Å². The summed E-state index contributed by atoms with van der Waals surface area (Å²) in [6.45, 7) is 18.9. The van der Waals surface area contributed by atoms with Crippen LogP contribution in [0.25, 0.3) is 0 Å². The molecule has 1 aromatic rings.